The molecular weight excluding hydrogens is 358 g/mol. The van der Waals surface area contributed by atoms with E-state index in [0.29, 0.717) is 25.3 Å². The number of carbonyl (C=O) groups is 1. The van der Waals surface area contributed by atoms with E-state index in [1.54, 1.807) is 23.3 Å². The molecule has 8 nitrogen and oxygen atoms in total. The van der Waals surface area contributed by atoms with E-state index in [4.69, 9.17) is 9.15 Å². The minimum atomic E-state index is -0.128. The molecule has 0 spiro atoms. The Morgan fingerprint density at radius 3 is 2.68 bits per heavy atom. The molecule has 1 unspecified atom stereocenters. The van der Waals surface area contributed by atoms with Crippen LogP contribution < -0.4 is 5.32 Å². The molecule has 1 atom stereocenters. The van der Waals surface area contributed by atoms with Crippen LogP contribution in [-0.4, -0.2) is 58.4 Å². The largest absolute Gasteiger partial charge is 0.465 e. The second kappa shape index (κ2) is 8.37. The van der Waals surface area contributed by atoms with Crippen molar-refractivity contribution in [3.05, 3.63) is 66.1 Å². The molecule has 8 heteroatoms. The van der Waals surface area contributed by atoms with Gasteiger partial charge in [-0.05, 0) is 37.3 Å². The lowest BCUT2D eigenvalue weighted by Gasteiger charge is -2.33. The smallest absolute Gasteiger partial charge is 0.251 e. The Balaban J connectivity index is 1.47. The van der Waals surface area contributed by atoms with Gasteiger partial charge >= 0.3 is 0 Å². The van der Waals surface area contributed by atoms with Crippen LogP contribution in [-0.2, 0) is 4.74 Å². The lowest BCUT2D eigenvalue weighted by Crippen LogP contribution is -2.43. The molecule has 1 aliphatic rings. The number of carbonyl (C=O) groups excluding carboxylic acids is 1. The van der Waals surface area contributed by atoms with E-state index in [1.165, 1.54) is 0 Å². The summed E-state index contributed by atoms with van der Waals surface area (Å²) >= 11 is 0. The average molecular weight is 381 g/mol. The predicted octanol–water partition coefficient (Wildman–Crippen LogP) is 1.97. The predicted molar refractivity (Wildman–Crippen MR) is 102 cm³/mol. The van der Waals surface area contributed by atoms with E-state index >= 15 is 0 Å². The fourth-order valence-corrected chi connectivity index (χ4v) is 3.36. The van der Waals surface area contributed by atoms with Crippen molar-refractivity contribution >= 4 is 5.91 Å². The van der Waals surface area contributed by atoms with Crippen molar-refractivity contribution in [3.8, 4) is 5.69 Å². The molecule has 1 amide bonds. The number of aromatic nitrogens is 3. The maximum absolute atomic E-state index is 12.8. The first-order chi connectivity index (χ1) is 13.7. The van der Waals surface area contributed by atoms with Crippen LogP contribution in [0, 0.1) is 6.92 Å². The zero-order chi connectivity index (χ0) is 19.3. The number of furan rings is 1. The Bertz CT molecular complexity index is 916. The number of hydrogen-bond donors (Lipinski definition) is 1. The fraction of sp³-hybridized carbons (Fsp3) is 0.350. The quantitative estimate of drug-likeness (QED) is 0.703. The van der Waals surface area contributed by atoms with Crippen molar-refractivity contribution in [2.45, 2.75) is 13.0 Å². The van der Waals surface area contributed by atoms with Gasteiger partial charge in [0.05, 0.1) is 19.3 Å². The highest BCUT2D eigenvalue weighted by Crippen LogP contribution is 2.23. The second-order valence-corrected chi connectivity index (χ2v) is 6.74. The molecule has 3 aromatic rings. The molecule has 0 bridgehead atoms. The zero-order valence-corrected chi connectivity index (χ0v) is 15.7. The molecule has 3 heterocycles. The van der Waals surface area contributed by atoms with E-state index < -0.39 is 0 Å². The maximum Gasteiger partial charge on any atom is 0.251 e. The van der Waals surface area contributed by atoms with Crippen LogP contribution in [0.1, 0.15) is 27.9 Å². The van der Waals surface area contributed by atoms with Crippen molar-refractivity contribution in [2.75, 3.05) is 32.8 Å². The van der Waals surface area contributed by atoms with Crippen molar-refractivity contribution < 1.29 is 13.9 Å². The molecule has 2 aromatic heterocycles. The van der Waals surface area contributed by atoms with E-state index in [0.717, 1.165) is 30.3 Å². The lowest BCUT2D eigenvalue weighted by molar-refractivity contribution is 0.0117. The molecule has 0 radical (unpaired) electrons. The molecular formula is C20H23N5O3. The van der Waals surface area contributed by atoms with Gasteiger partial charge in [0.2, 0.25) is 0 Å². The highest BCUT2D eigenvalue weighted by atomic mass is 16.5. The van der Waals surface area contributed by atoms with Crippen molar-refractivity contribution in [1.82, 2.24) is 25.0 Å². The third-order valence-electron chi connectivity index (χ3n) is 4.86. The Labute approximate surface area is 163 Å². The Hall–Kier alpha value is -2.97. The summed E-state index contributed by atoms with van der Waals surface area (Å²) < 4.78 is 13.1. The monoisotopic (exact) mass is 381 g/mol. The molecule has 0 aliphatic carbocycles. The lowest BCUT2D eigenvalue weighted by atomic mass is 10.1. The van der Waals surface area contributed by atoms with Crippen LogP contribution >= 0.6 is 0 Å². The number of rotatable bonds is 6. The Morgan fingerprint density at radius 2 is 1.96 bits per heavy atom. The van der Waals surface area contributed by atoms with E-state index in [2.05, 4.69) is 20.4 Å². The van der Waals surface area contributed by atoms with Gasteiger partial charge in [0.1, 0.15) is 24.2 Å². The third kappa shape index (κ3) is 4.13. The SMILES string of the molecule is Cc1ccc(C(CNC(=O)c2cccc(-n3cnnc3)c2)N2CCOCC2)o1. The molecule has 146 valence electrons. The van der Waals surface area contributed by atoms with E-state index in [1.807, 2.05) is 37.3 Å². The van der Waals surface area contributed by atoms with Crippen LogP contribution in [0.2, 0.25) is 0 Å². The molecule has 1 fully saturated rings. The molecule has 1 N–H and O–H groups in total. The van der Waals surface area contributed by atoms with E-state index in [9.17, 15) is 4.79 Å². The summed E-state index contributed by atoms with van der Waals surface area (Å²) in [7, 11) is 0. The third-order valence-corrected chi connectivity index (χ3v) is 4.86. The van der Waals surface area contributed by atoms with Gasteiger partial charge in [-0.25, -0.2) is 0 Å². The van der Waals surface area contributed by atoms with Crippen LogP contribution in [0.25, 0.3) is 5.69 Å². The van der Waals surface area contributed by atoms with Gasteiger partial charge in [-0.1, -0.05) is 6.07 Å². The maximum atomic E-state index is 12.8. The standard InChI is InChI=1S/C20H23N5O3/c1-15-5-6-19(28-15)18(24-7-9-27-10-8-24)12-21-20(26)16-3-2-4-17(11-16)25-13-22-23-14-25/h2-6,11,13-14,18H,7-10,12H2,1H3,(H,21,26). The number of ether oxygens (including phenoxy) is 1. The van der Waals surface area contributed by atoms with Gasteiger partial charge in [-0.2, -0.15) is 0 Å². The number of aryl methyl sites for hydroxylation is 1. The summed E-state index contributed by atoms with van der Waals surface area (Å²) in [4.78, 5) is 15.1. The van der Waals surface area contributed by atoms with Gasteiger partial charge in [0, 0.05) is 30.9 Å². The number of nitrogens with zero attached hydrogens (tertiary/aromatic N) is 4. The Morgan fingerprint density at radius 1 is 1.18 bits per heavy atom. The zero-order valence-electron chi connectivity index (χ0n) is 15.7. The first-order valence-corrected chi connectivity index (χ1v) is 9.32. The summed E-state index contributed by atoms with van der Waals surface area (Å²) in [5.74, 6) is 1.59. The average Bonchev–Trinajstić information content (AvgIpc) is 3.41. The minimum Gasteiger partial charge on any atom is -0.465 e. The highest BCUT2D eigenvalue weighted by molar-refractivity contribution is 5.94. The topological polar surface area (TPSA) is 85.4 Å². The molecule has 0 saturated carbocycles. The summed E-state index contributed by atoms with van der Waals surface area (Å²) in [5.41, 5.74) is 1.42. The Kier molecular flexibility index (Phi) is 5.50. The van der Waals surface area contributed by atoms with Gasteiger partial charge in [-0.3, -0.25) is 14.3 Å². The summed E-state index contributed by atoms with van der Waals surface area (Å²) in [5, 5.41) is 10.7. The van der Waals surface area contributed by atoms with E-state index in [-0.39, 0.29) is 11.9 Å². The summed E-state index contributed by atoms with van der Waals surface area (Å²) in [6, 6.07) is 11.3. The second-order valence-electron chi connectivity index (χ2n) is 6.74. The number of nitrogens with one attached hydrogen (secondary N) is 1. The van der Waals surface area contributed by atoms with Crippen LogP contribution in [0.3, 0.4) is 0 Å². The molecule has 4 rings (SSSR count). The van der Waals surface area contributed by atoms with Crippen molar-refractivity contribution in [2.24, 2.45) is 0 Å². The first kappa shape index (κ1) is 18.4. The summed E-state index contributed by atoms with van der Waals surface area (Å²) in [6.07, 6.45) is 3.20. The molecule has 1 aromatic carbocycles. The minimum absolute atomic E-state index is 0.0254. The van der Waals surface area contributed by atoms with Crippen LogP contribution in [0.15, 0.2) is 53.5 Å². The van der Waals surface area contributed by atoms with Gasteiger partial charge in [0.15, 0.2) is 0 Å². The molecule has 1 saturated heterocycles. The number of morpholine rings is 1. The molecule has 1 aliphatic heterocycles. The summed E-state index contributed by atoms with van der Waals surface area (Å²) in [6.45, 7) is 5.38. The van der Waals surface area contributed by atoms with Crippen LogP contribution in [0.4, 0.5) is 0 Å². The van der Waals surface area contributed by atoms with Gasteiger partial charge in [-0.15, -0.1) is 10.2 Å². The van der Waals surface area contributed by atoms with Gasteiger partial charge < -0.3 is 14.5 Å². The molecule has 28 heavy (non-hydrogen) atoms. The number of benzene rings is 1. The normalized spacial score (nSPS) is 16.0. The number of hydrogen-bond acceptors (Lipinski definition) is 6. The number of amides is 1. The van der Waals surface area contributed by atoms with Crippen LogP contribution in [0.5, 0.6) is 0 Å². The fourth-order valence-electron chi connectivity index (χ4n) is 3.36. The van der Waals surface area contributed by atoms with Crippen molar-refractivity contribution in [3.63, 3.8) is 0 Å². The van der Waals surface area contributed by atoms with Crippen molar-refractivity contribution in [1.29, 1.82) is 0 Å². The van der Waals surface area contributed by atoms with Gasteiger partial charge in [0.25, 0.3) is 5.91 Å². The highest BCUT2D eigenvalue weighted by Gasteiger charge is 2.25. The first-order valence-electron chi connectivity index (χ1n) is 9.32.